The molecule has 1 rings (SSSR count). The maximum atomic E-state index is 13.4. The number of nitro groups is 1. The van der Waals surface area contributed by atoms with Crippen LogP contribution in [0, 0.1) is 21.7 Å². The van der Waals surface area contributed by atoms with E-state index in [9.17, 15) is 24.0 Å². The Bertz CT molecular complexity index is 421. The van der Waals surface area contributed by atoms with Crippen molar-refractivity contribution in [1.82, 2.24) is 0 Å². The number of aliphatic hydroxyl groups is 1. The topological polar surface area (TPSA) is 75.4 Å². The van der Waals surface area contributed by atoms with Gasteiger partial charge in [0.05, 0.1) is 22.7 Å². The number of nitrogens with zero attached hydrogens (tertiary/aromatic N) is 1. The van der Waals surface area contributed by atoms with Crippen LogP contribution in [0.5, 0.6) is 0 Å². The molecule has 0 aliphatic heterocycles. The van der Waals surface area contributed by atoms with Gasteiger partial charge in [-0.05, 0) is 13.8 Å². The lowest BCUT2D eigenvalue weighted by Gasteiger charge is -2.19. The first kappa shape index (κ1) is 13.3. The van der Waals surface area contributed by atoms with E-state index in [2.05, 4.69) is 5.32 Å². The predicted molar refractivity (Wildman–Crippen MR) is 57.8 cm³/mol. The maximum Gasteiger partial charge on any atom is 0.275 e. The number of halogens is 2. The Morgan fingerprint density at radius 1 is 1.41 bits per heavy atom. The first-order valence-electron chi connectivity index (χ1n) is 4.80. The molecule has 1 aromatic carbocycles. The molecular weight excluding hydrogens is 234 g/mol. The fourth-order valence-electron chi connectivity index (χ4n) is 1.14. The van der Waals surface area contributed by atoms with Crippen molar-refractivity contribution >= 4 is 11.4 Å². The molecule has 7 heteroatoms. The molecule has 0 atom stereocenters. The molecular formula is C10H12F2N2O3. The number of nitrogens with one attached hydrogen (secondary N) is 1. The van der Waals surface area contributed by atoms with Crippen LogP contribution in [-0.4, -0.2) is 22.2 Å². The van der Waals surface area contributed by atoms with Crippen LogP contribution < -0.4 is 5.32 Å². The lowest BCUT2D eigenvalue weighted by Crippen LogP contribution is -2.29. The molecule has 0 aliphatic rings. The largest absolute Gasteiger partial charge is 0.389 e. The summed E-state index contributed by atoms with van der Waals surface area (Å²) in [5.74, 6) is -2.14. The lowest BCUT2D eigenvalue weighted by atomic mass is 10.1. The van der Waals surface area contributed by atoms with E-state index in [1.807, 2.05) is 0 Å². The van der Waals surface area contributed by atoms with E-state index in [4.69, 9.17) is 0 Å². The van der Waals surface area contributed by atoms with Crippen molar-refractivity contribution in [1.29, 1.82) is 0 Å². The van der Waals surface area contributed by atoms with Crippen LogP contribution >= 0.6 is 0 Å². The van der Waals surface area contributed by atoms with Gasteiger partial charge in [-0.15, -0.1) is 0 Å². The van der Waals surface area contributed by atoms with Crippen molar-refractivity contribution in [2.45, 2.75) is 19.4 Å². The van der Waals surface area contributed by atoms with Gasteiger partial charge >= 0.3 is 0 Å². The van der Waals surface area contributed by atoms with Gasteiger partial charge in [-0.2, -0.15) is 0 Å². The number of hydrogen-bond donors (Lipinski definition) is 2. The van der Waals surface area contributed by atoms with E-state index >= 15 is 0 Å². The summed E-state index contributed by atoms with van der Waals surface area (Å²) in [6, 6.07) is 1.24. The lowest BCUT2D eigenvalue weighted by molar-refractivity contribution is -0.385. The molecule has 0 spiro atoms. The Morgan fingerprint density at radius 3 is 2.24 bits per heavy atom. The third kappa shape index (κ3) is 3.63. The zero-order valence-electron chi connectivity index (χ0n) is 9.33. The molecule has 0 heterocycles. The second kappa shape index (κ2) is 4.62. The van der Waals surface area contributed by atoms with Crippen LogP contribution in [-0.2, 0) is 0 Å². The predicted octanol–water partition coefficient (Wildman–Crippen LogP) is 2.06. The van der Waals surface area contributed by atoms with Crippen LogP contribution in [0.4, 0.5) is 20.2 Å². The molecule has 0 saturated heterocycles. The average Bonchev–Trinajstić information content (AvgIpc) is 2.14. The van der Waals surface area contributed by atoms with Crippen molar-refractivity contribution in [3.63, 3.8) is 0 Å². The van der Waals surface area contributed by atoms with Gasteiger partial charge in [0.25, 0.3) is 5.69 Å². The third-order valence-corrected chi connectivity index (χ3v) is 1.94. The summed E-state index contributed by atoms with van der Waals surface area (Å²) in [7, 11) is 0. The summed E-state index contributed by atoms with van der Waals surface area (Å²) in [5, 5.41) is 22.1. The van der Waals surface area contributed by atoms with E-state index in [1.54, 1.807) is 0 Å². The summed E-state index contributed by atoms with van der Waals surface area (Å²) in [6.07, 6.45) is 0. The summed E-state index contributed by atoms with van der Waals surface area (Å²) in [5.41, 5.74) is -2.30. The zero-order valence-corrected chi connectivity index (χ0v) is 9.33. The minimum Gasteiger partial charge on any atom is -0.389 e. The highest BCUT2D eigenvalue weighted by Crippen LogP contribution is 2.25. The van der Waals surface area contributed by atoms with Crippen molar-refractivity contribution in [2.75, 3.05) is 11.9 Å². The Kier molecular flexibility index (Phi) is 3.62. The highest BCUT2D eigenvalue weighted by Gasteiger charge is 2.19. The number of anilines is 1. The molecule has 0 aliphatic carbocycles. The second-order valence-corrected chi connectivity index (χ2v) is 4.21. The van der Waals surface area contributed by atoms with E-state index in [-0.39, 0.29) is 6.54 Å². The standard InChI is InChI=1S/C10H12F2N2O3/c1-10(2,15)5-13-9-7(11)3-6(14(16)17)4-8(9)12/h3-4,13,15H,5H2,1-2H3. The summed E-state index contributed by atoms with van der Waals surface area (Å²) in [4.78, 5) is 9.46. The van der Waals surface area contributed by atoms with Crippen molar-refractivity contribution in [2.24, 2.45) is 0 Å². The number of rotatable bonds is 4. The molecule has 17 heavy (non-hydrogen) atoms. The fourth-order valence-corrected chi connectivity index (χ4v) is 1.14. The SMILES string of the molecule is CC(C)(O)CNc1c(F)cc([N+](=O)[O-])cc1F. The molecule has 0 amide bonds. The van der Waals surface area contributed by atoms with Gasteiger partial charge in [-0.25, -0.2) is 8.78 Å². The zero-order chi connectivity index (χ0) is 13.2. The summed E-state index contributed by atoms with van der Waals surface area (Å²) < 4.78 is 26.7. The molecule has 5 nitrogen and oxygen atoms in total. The molecule has 0 unspecified atom stereocenters. The van der Waals surface area contributed by atoms with Gasteiger partial charge in [0.1, 0.15) is 5.69 Å². The van der Waals surface area contributed by atoms with E-state index in [0.717, 1.165) is 0 Å². The van der Waals surface area contributed by atoms with Crippen LogP contribution in [0.2, 0.25) is 0 Å². The Hall–Kier alpha value is -1.76. The molecule has 1 aromatic rings. The van der Waals surface area contributed by atoms with Crippen molar-refractivity contribution in [3.8, 4) is 0 Å². The van der Waals surface area contributed by atoms with Gasteiger partial charge in [0.15, 0.2) is 11.6 Å². The number of nitro benzene ring substituents is 1. The monoisotopic (exact) mass is 246 g/mol. The van der Waals surface area contributed by atoms with E-state index < -0.39 is 33.5 Å². The molecule has 0 fully saturated rings. The highest BCUT2D eigenvalue weighted by atomic mass is 19.1. The summed E-state index contributed by atoms with van der Waals surface area (Å²) in [6.45, 7) is 2.83. The number of non-ortho nitro benzene ring substituents is 1. The number of hydrogen-bond acceptors (Lipinski definition) is 4. The van der Waals surface area contributed by atoms with Gasteiger partial charge in [-0.1, -0.05) is 0 Å². The van der Waals surface area contributed by atoms with Crippen molar-refractivity contribution in [3.05, 3.63) is 33.9 Å². The van der Waals surface area contributed by atoms with Crippen LogP contribution in [0.15, 0.2) is 12.1 Å². The van der Waals surface area contributed by atoms with Gasteiger partial charge in [0, 0.05) is 6.54 Å². The first-order chi connectivity index (χ1) is 7.70. The van der Waals surface area contributed by atoms with Crippen LogP contribution in [0.3, 0.4) is 0 Å². The quantitative estimate of drug-likeness (QED) is 0.629. The molecule has 94 valence electrons. The minimum absolute atomic E-state index is 0.0847. The second-order valence-electron chi connectivity index (χ2n) is 4.21. The Morgan fingerprint density at radius 2 is 1.88 bits per heavy atom. The Balaban J connectivity index is 2.98. The molecule has 2 N–H and O–H groups in total. The maximum absolute atomic E-state index is 13.4. The fraction of sp³-hybridized carbons (Fsp3) is 0.400. The average molecular weight is 246 g/mol. The highest BCUT2D eigenvalue weighted by molar-refractivity contribution is 5.51. The molecule has 0 radical (unpaired) electrons. The van der Waals surface area contributed by atoms with Crippen molar-refractivity contribution < 1.29 is 18.8 Å². The molecule has 0 aromatic heterocycles. The van der Waals surface area contributed by atoms with Gasteiger partial charge < -0.3 is 10.4 Å². The van der Waals surface area contributed by atoms with Gasteiger partial charge in [-0.3, -0.25) is 10.1 Å². The smallest absolute Gasteiger partial charge is 0.275 e. The van der Waals surface area contributed by atoms with E-state index in [1.165, 1.54) is 13.8 Å². The van der Waals surface area contributed by atoms with Crippen LogP contribution in [0.1, 0.15) is 13.8 Å². The summed E-state index contributed by atoms with van der Waals surface area (Å²) >= 11 is 0. The Labute approximate surface area is 96.2 Å². The molecule has 0 saturated carbocycles. The molecule has 0 bridgehead atoms. The normalized spacial score (nSPS) is 11.4. The minimum atomic E-state index is -1.15. The first-order valence-corrected chi connectivity index (χ1v) is 4.80. The van der Waals surface area contributed by atoms with Crippen LogP contribution in [0.25, 0.3) is 0 Å². The van der Waals surface area contributed by atoms with Gasteiger partial charge in [0.2, 0.25) is 0 Å². The number of benzene rings is 1. The third-order valence-electron chi connectivity index (χ3n) is 1.94. The van der Waals surface area contributed by atoms with E-state index in [0.29, 0.717) is 12.1 Å².